The van der Waals surface area contributed by atoms with E-state index in [2.05, 4.69) is 0 Å². The summed E-state index contributed by atoms with van der Waals surface area (Å²) >= 11 is 5.57. The molecule has 1 atom stereocenters. The fourth-order valence-corrected chi connectivity index (χ4v) is 1.06. The van der Waals surface area contributed by atoms with E-state index in [9.17, 15) is 8.78 Å². The molecule has 1 rings (SSSR count). The predicted molar refractivity (Wildman–Crippen MR) is 51.6 cm³/mol. The summed E-state index contributed by atoms with van der Waals surface area (Å²) in [5.41, 5.74) is 5.41. The molecule has 0 spiro atoms. The van der Waals surface area contributed by atoms with Crippen molar-refractivity contribution in [1.29, 1.82) is 0 Å². The van der Waals surface area contributed by atoms with E-state index < -0.39 is 18.5 Å². The molecule has 0 heterocycles. The van der Waals surface area contributed by atoms with Gasteiger partial charge in [0.1, 0.15) is 12.5 Å². The minimum atomic E-state index is -0.927. The van der Waals surface area contributed by atoms with Gasteiger partial charge in [-0.2, -0.15) is 0 Å². The maximum absolute atomic E-state index is 12.9. The summed E-state index contributed by atoms with van der Waals surface area (Å²) in [6.07, 6.45) is 0. The summed E-state index contributed by atoms with van der Waals surface area (Å²) in [5, 5.41) is 0.357. The van der Waals surface area contributed by atoms with E-state index in [-0.39, 0.29) is 18.0 Å². The van der Waals surface area contributed by atoms with E-state index in [4.69, 9.17) is 17.3 Å². The van der Waals surface area contributed by atoms with Gasteiger partial charge in [-0.1, -0.05) is 11.6 Å². The van der Waals surface area contributed by atoms with Crippen molar-refractivity contribution in [3.05, 3.63) is 34.6 Å². The fourth-order valence-electron chi connectivity index (χ4n) is 0.882. The minimum Gasteiger partial charge on any atom is -0.322 e. The van der Waals surface area contributed by atoms with Crippen LogP contribution in [0.25, 0.3) is 0 Å². The predicted octanol–water partition coefficient (Wildman–Crippen LogP) is 2.87. The maximum Gasteiger partial charge on any atom is 0.128 e. The lowest BCUT2D eigenvalue weighted by atomic mass is 10.1. The first kappa shape index (κ1) is 12.6. The van der Waals surface area contributed by atoms with Crippen molar-refractivity contribution in [2.24, 2.45) is 5.73 Å². The molecule has 0 saturated heterocycles. The lowest BCUT2D eigenvalue weighted by molar-refractivity contribution is 0.427. The van der Waals surface area contributed by atoms with Crippen molar-refractivity contribution in [2.75, 3.05) is 6.67 Å². The van der Waals surface area contributed by atoms with E-state index in [1.807, 2.05) is 0 Å². The highest BCUT2D eigenvalue weighted by Gasteiger charge is 2.10. The van der Waals surface area contributed by atoms with Crippen LogP contribution in [0.4, 0.5) is 8.78 Å². The summed E-state index contributed by atoms with van der Waals surface area (Å²) in [7, 11) is 0. The number of halogens is 4. The van der Waals surface area contributed by atoms with Crippen molar-refractivity contribution >= 4 is 24.0 Å². The summed E-state index contributed by atoms with van der Waals surface area (Å²) in [6.45, 7) is -0.794. The Morgan fingerprint density at radius 3 is 2.62 bits per heavy atom. The van der Waals surface area contributed by atoms with Crippen molar-refractivity contribution in [2.45, 2.75) is 6.04 Å². The van der Waals surface area contributed by atoms with Gasteiger partial charge < -0.3 is 5.73 Å². The Labute approximate surface area is 86.3 Å². The molecule has 0 saturated carbocycles. The second kappa shape index (κ2) is 5.37. The Bertz CT molecular complexity index is 281. The highest BCUT2D eigenvalue weighted by molar-refractivity contribution is 6.30. The van der Waals surface area contributed by atoms with Crippen molar-refractivity contribution in [1.82, 2.24) is 0 Å². The molecule has 0 fully saturated rings. The Balaban J connectivity index is 0.00000144. The molecule has 0 bridgehead atoms. The van der Waals surface area contributed by atoms with Crippen LogP contribution in [0.1, 0.15) is 11.6 Å². The van der Waals surface area contributed by atoms with E-state index in [0.29, 0.717) is 5.02 Å². The number of hydrogen-bond donors (Lipinski definition) is 1. The largest absolute Gasteiger partial charge is 0.322 e. The Hall–Kier alpha value is -0.380. The van der Waals surface area contributed by atoms with Gasteiger partial charge in [0.2, 0.25) is 0 Å². The fraction of sp³-hybridized carbons (Fsp3) is 0.250. The molecule has 1 aromatic carbocycles. The first-order valence-corrected chi connectivity index (χ1v) is 3.79. The third-order valence-electron chi connectivity index (χ3n) is 1.52. The molecular weight excluding hydrogens is 219 g/mol. The van der Waals surface area contributed by atoms with Crippen LogP contribution in [-0.2, 0) is 0 Å². The van der Waals surface area contributed by atoms with Gasteiger partial charge in [-0.3, -0.25) is 0 Å². The zero-order valence-corrected chi connectivity index (χ0v) is 8.21. The molecule has 74 valence electrons. The first-order valence-electron chi connectivity index (χ1n) is 3.41. The zero-order valence-electron chi connectivity index (χ0n) is 6.64. The van der Waals surface area contributed by atoms with E-state index >= 15 is 0 Å². The third-order valence-corrected chi connectivity index (χ3v) is 1.76. The van der Waals surface area contributed by atoms with Gasteiger partial charge in [0.05, 0.1) is 6.04 Å². The molecule has 0 unspecified atom stereocenters. The number of hydrogen-bond acceptors (Lipinski definition) is 1. The van der Waals surface area contributed by atoms with Gasteiger partial charge in [-0.15, -0.1) is 12.4 Å². The van der Waals surface area contributed by atoms with Crippen LogP contribution in [0.3, 0.4) is 0 Å². The molecule has 0 aliphatic rings. The van der Waals surface area contributed by atoms with Crippen molar-refractivity contribution in [3.8, 4) is 0 Å². The highest BCUT2D eigenvalue weighted by atomic mass is 35.5. The summed E-state index contributed by atoms with van der Waals surface area (Å²) in [6, 6.07) is 2.98. The molecular formula is C8H9Cl2F2N. The molecule has 1 nitrogen and oxygen atoms in total. The summed E-state index contributed by atoms with van der Waals surface area (Å²) in [5.74, 6) is -0.524. The van der Waals surface area contributed by atoms with Gasteiger partial charge in [-0.25, -0.2) is 8.78 Å². The molecule has 0 aliphatic carbocycles. The Kier molecular flexibility index (Phi) is 5.21. The van der Waals surface area contributed by atoms with Crippen LogP contribution in [0.5, 0.6) is 0 Å². The van der Waals surface area contributed by atoms with Gasteiger partial charge in [0.15, 0.2) is 0 Å². The standard InChI is InChI=1S/C8H8ClF2N.ClH/c9-5-1-2-7(11)6(3-5)8(12)4-10;/h1-3,8H,4,12H2;1H/t8-;/m0./s1. The molecule has 1 aromatic rings. The zero-order chi connectivity index (χ0) is 9.14. The smallest absolute Gasteiger partial charge is 0.128 e. The van der Waals surface area contributed by atoms with Crippen LogP contribution < -0.4 is 5.73 Å². The highest BCUT2D eigenvalue weighted by Crippen LogP contribution is 2.19. The second-order valence-corrected chi connectivity index (χ2v) is 2.86. The molecule has 0 aliphatic heterocycles. The molecule has 0 aromatic heterocycles. The van der Waals surface area contributed by atoms with Crippen LogP contribution in [0.2, 0.25) is 5.02 Å². The van der Waals surface area contributed by atoms with Crippen LogP contribution >= 0.6 is 24.0 Å². The van der Waals surface area contributed by atoms with Gasteiger partial charge in [-0.05, 0) is 18.2 Å². The lowest BCUT2D eigenvalue weighted by Gasteiger charge is -2.08. The summed E-state index contributed by atoms with van der Waals surface area (Å²) < 4.78 is 25.0. The molecule has 5 heteroatoms. The lowest BCUT2D eigenvalue weighted by Crippen LogP contribution is -2.13. The maximum atomic E-state index is 12.9. The minimum absolute atomic E-state index is 0. The van der Waals surface area contributed by atoms with Crippen LogP contribution in [0, 0.1) is 5.82 Å². The van der Waals surface area contributed by atoms with Crippen molar-refractivity contribution in [3.63, 3.8) is 0 Å². The topological polar surface area (TPSA) is 26.0 Å². The Morgan fingerprint density at radius 1 is 1.46 bits per heavy atom. The number of rotatable bonds is 2. The molecule has 13 heavy (non-hydrogen) atoms. The number of nitrogens with two attached hydrogens (primary N) is 1. The van der Waals surface area contributed by atoms with Gasteiger partial charge >= 0.3 is 0 Å². The first-order chi connectivity index (χ1) is 5.65. The van der Waals surface area contributed by atoms with Crippen molar-refractivity contribution < 1.29 is 8.78 Å². The number of alkyl halides is 1. The SMILES string of the molecule is Cl.N[C@@H](CF)c1cc(Cl)ccc1F. The monoisotopic (exact) mass is 227 g/mol. The second-order valence-electron chi connectivity index (χ2n) is 2.43. The molecule has 2 N–H and O–H groups in total. The van der Waals surface area contributed by atoms with Crippen LogP contribution in [-0.4, -0.2) is 6.67 Å². The molecule has 0 radical (unpaired) electrons. The van der Waals surface area contributed by atoms with E-state index in [1.54, 1.807) is 0 Å². The third kappa shape index (κ3) is 3.10. The average molecular weight is 228 g/mol. The van der Waals surface area contributed by atoms with Gasteiger partial charge in [0.25, 0.3) is 0 Å². The van der Waals surface area contributed by atoms with E-state index in [0.717, 1.165) is 0 Å². The average Bonchev–Trinajstić information content (AvgIpc) is 2.08. The number of benzene rings is 1. The quantitative estimate of drug-likeness (QED) is 0.827. The summed E-state index contributed by atoms with van der Waals surface area (Å²) in [4.78, 5) is 0. The van der Waals surface area contributed by atoms with Crippen LogP contribution in [0.15, 0.2) is 18.2 Å². The molecule has 0 amide bonds. The van der Waals surface area contributed by atoms with Gasteiger partial charge in [0, 0.05) is 10.6 Å². The normalized spacial score (nSPS) is 12.0. The van der Waals surface area contributed by atoms with E-state index in [1.165, 1.54) is 18.2 Å². The Morgan fingerprint density at radius 2 is 2.08 bits per heavy atom.